The van der Waals surface area contributed by atoms with Gasteiger partial charge in [0.2, 0.25) is 0 Å². The third-order valence-corrected chi connectivity index (χ3v) is 5.33. The van der Waals surface area contributed by atoms with Gasteiger partial charge in [-0.3, -0.25) is 4.79 Å². The third kappa shape index (κ3) is 9.24. The standard InChI is InChI=1S/C21H33F3O4/c1-2-3-4-8-17(25)12-10-15-11-13-19(26)18(15)14-16(21(22,23)24)7-5-6-9-20(27)28/h7,10,12,15,17-19,25-26H,2-6,8-9,11,13-14H2,1H3,(H,27,28)/b12-10+,16-7-/t15-,17?,18+,19?/m0/s1. The molecule has 0 aliphatic heterocycles. The zero-order chi connectivity index (χ0) is 21.2. The molecule has 7 heteroatoms. The van der Waals surface area contributed by atoms with E-state index >= 15 is 0 Å². The first-order valence-corrected chi connectivity index (χ1v) is 10.2. The normalized spacial score (nSPS) is 24.8. The first kappa shape index (κ1) is 24.7. The number of aliphatic carboxylic acids is 1. The van der Waals surface area contributed by atoms with Crippen molar-refractivity contribution >= 4 is 5.97 Å². The first-order chi connectivity index (χ1) is 13.1. The van der Waals surface area contributed by atoms with Gasteiger partial charge < -0.3 is 15.3 Å². The summed E-state index contributed by atoms with van der Waals surface area (Å²) >= 11 is 0. The summed E-state index contributed by atoms with van der Waals surface area (Å²) in [5.41, 5.74) is -0.703. The molecule has 1 saturated carbocycles. The van der Waals surface area contributed by atoms with Gasteiger partial charge in [-0.15, -0.1) is 0 Å². The number of unbranched alkanes of at least 4 members (excludes halogenated alkanes) is 3. The molecule has 0 heterocycles. The number of carbonyl (C=O) groups is 1. The second-order valence-electron chi connectivity index (χ2n) is 7.64. The maximum absolute atomic E-state index is 13.4. The van der Waals surface area contributed by atoms with Gasteiger partial charge in [-0.2, -0.15) is 13.2 Å². The maximum Gasteiger partial charge on any atom is 0.412 e. The summed E-state index contributed by atoms with van der Waals surface area (Å²) < 4.78 is 40.1. The SMILES string of the molecule is CCCCCC(O)/C=C/[C@H]1CCC(O)[C@@H]1C/C(=C/CCCC(=O)O)C(F)(F)F. The number of carboxylic acids is 1. The molecule has 0 aromatic heterocycles. The van der Waals surface area contributed by atoms with Crippen LogP contribution in [0.25, 0.3) is 0 Å². The predicted octanol–water partition coefficient (Wildman–Crippen LogP) is 5.00. The van der Waals surface area contributed by atoms with Crippen molar-refractivity contribution in [2.24, 2.45) is 11.8 Å². The molecular formula is C21H33F3O4. The number of allylic oxidation sites excluding steroid dienone is 3. The summed E-state index contributed by atoms with van der Waals surface area (Å²) in [6.45, 7) is 2.07. The van der Waals surface area contributed by atoms with Crippen LogP contribution in [0.1, 0.15) is 71.1 Å². The average molecular weight is 406 g/mol. The van der Waals surface area contributed by atoms with Crippen LogP contribution < -0.4 is 0 Å². The molecule has 0 saturated heterocycles. The molecular weight excluding hydrogens is 373 g/mol. The topological polar surface area (TPSA) is 77.8 Å². The lowest BCUT2D eigenvalue weighted by molar-refractivity contribution is -0.137. The number of aliphatic hydroxyl groups is 2. The van der Waals surface area contributed by atoms with E-state index in [9.17, 15) is 28.2 Å². The minimum atomic E-state index is -4.50. The van der Waals surface area contributed by atoms with Crippen LogP contribution in [-0.4, -0.2) is 39.7 Å². The Balaban J connectivity index is 2.73. The van der Waals surface area contributed by atoms with Gasteiger partial charge in [0.05, 0.1) is 12.2 Å². The van der Waals surface area contributed by atoms with Crippen LogP contribution in [0.15, 0.2) is 23.8 Å². The molecule has 1 rings (SSSR count). The molecule has 0 bridgehead atoms. The number of aliphatic hydroxyl groups excluding tert-OH is 2. The number of alkyl halides is 3. The molecule has 1 aliphatic rings. The average Bonchev–Trinajstić information content (AvgIpc) is 2.94. The van der Waals surface area contributed by atoms with Gasteiger partial charge in [0, 0.05) is 12.0 Å². The van der Waals surface area contributed by atoms with Gasteiger partial charge in [0.25, 0.3) is 0 Å². The molecule has 1 fully saturated rings. The Bertz CT molecular complexity index is 528. The van der Waals surface area contributed by atoms with E-state index in [4.69, 9.17) is 5.11 Å². The number of hydrogen-bond donors (Lipinski definition) is 3. The molecule has 0 aromatic rings. The van der Waals surface area contributed by atoms with Crippen LogP contribution in [0, 0.1) is 11.8 Å². The van der Waals surface area contributed by atoms with Crippen molar-refractivity contribution in [3.8, 4) is 0 Å². The minimum absolute atomic E-state index is 0.0423. The smallest absolute Gasteiger partial charge is 0.412 e. The van der Waals surface area contributed by atoms with E-state index < -0.39 is 35.8 Å². The highest BCUT2D eigenvalue weighted by Crippen LogP contribution is 2.41. The molecule has 3 N–H and O–H groups in total. The summed E-state index contributed by atoms with van der Waals surface area (Å²) in [5.74, 6) is -1.79. The monoisotopic (exact) mass is 406 g/mol. The quantitative estimate of drug-likeness (QED) is 0.315. The predicted molar refractivity (Wildman–Crippen MR) is 102 cm³/mol. The van der Waals surface area contributed by atoms with E-state index in [1.54, 1.807) is 12.2 Å². The molecule has 4 nitrogen and oxygen atoms in total. The van der Waals surface area contributed by atoms with E-state index in [1.807, 2.05) is 0 Å². The fourth-order valence-electron chi connectivity index (χ4n) is 3.67. The van der Waals surface area contributed by atoms with Crippen molar-refractivity contribution in [1.82, 2.24) is 0 Å². The molecule has 0 amide bonds. The van der Waals surface area contributed by atoms with Crippen molar-refractivity contribution in [3.63, 3.8) is 0 Å². The van der Waals surface area contributed by atoms with Gasteiger partial charge in [-0.05, 0) is 50.4 Å². The third-order valence-electron chi connectivity index (χ3n) is 5.33. The van der Waals surface area contributed by atoms with Crippen LogP contribution >= 0.6 is 0 Å². The molecule has 28 heavy (non-hydrogen) atoms. The summed E-state index contributed by atoms with van der Waals surface area (Å²) in [6, 6.07) is 0. The Labute approximate surface area is 165 Å². The highest BCUT2D eigenvalue weighted by atomic mass is 19.4. The fraction of sp³-hybridized carbons (Fsp3) is 0.762. The van der Waals surface area contributed by atoms with Gasteiger partial charge >= 0.3 is 12.1 Å². The Kier molecular flexibility index (Phi) is 10.8. The summed E-state index contributed by atoms with van der Waals surface area (Å²) in [6.07, 6.45) is 2.91. The summed E-state index contributed by atoms with van der Waals surface area (Å²) in [5, 5.41) is 28.8. The van der Waals surface area contributed by atoms with Crippen molar-refractivity contribution in [2.75, 3.05) is 0 Å². The fourth-order valence-corrected chi connectivity index (χ4v) is 3.67. The van der Waals surface area contributed by atoms with E-state index in [2.05, 4.69) is 6.92 Å². The second-order valence-corrected chi connectivity index (χ2v) is 7.64. The van der Waals surface area contributed by atoms with Crippen molar-refractivity contribution in [2.45, 2.75) is 89.5 Å². The Morgan fingerprint density at radius 1 is 1.21 bits per heavy atom. The summed E-state index contributed by atoms with van der Waals surface area (Å²) in [7, 11) is 0. The molecule has 2 unspecified atom stereocenters. The van der Waals surface area contributed by atoms with E-state index in [-0.39, 0.29) is 31.6 Å². The molecule has 1 aliphatic carbocycles. The van der Waals surface area contributed by atoms with E-state index in [1.165, 1.54) is 0 Å². The Morgan fingerprint density at radius 3 is 2.54 bits per heavy atom. The van der Waals surface area contributed by atoms with Gasteiger partial charge in [-0.1, -0.05) is 44.4 Å². The first-order valence-electron chi connectivity index (χ1n) is 10.2. The zero-order valence-corrected chi connectivity index (χ0v) is 16.5. The van der Waals surface area contributed by atoms with Crippen LogP contribution in [-0.2, 0) is 4.79 Å². The molecule has 162 valence electrons. The van der Waals surface area contributed by atoms with Gasteiger partial charge in [0.15, 0.2) is 0 Å². The van der Waals surface area contributed by atoms with Crippen molar-refractivity contribution in [3.05, 3.63) is 23.8 Å². The van der Waals surface area contributed by atoms with Gasteiger partial charge in [-0.25, -0.2) is 0 Å². The second kappa shape index (κ2) is 12.3. The molecule has 4 atom stereocenters. The highest BCUT2D eigenvalue weighted by molar-refractivity contribution is 5.66. The maximum atomic E-state index is 13.4. The lowest BCUT2D eigenvalue weighted by Crippen LogP contribution is -2.23. The van der Waals surface area contributed by atoms with Crippen LogP contribution in [0.4, 0.5) is 13.2 Å². The molecule has 0 radical (unpaired) electrons. The Morgan fingerprint density at radius 2 is 1.93 bits per heavy atom. The largest absolute Gasteiger partial charge is 0.481 e. The number of hydrogen-bond acceptors (Lipinski definition) is 3. The summed E-state index contributed by atoms with van der Waals surface area (Å²) in [4.78, 5) is 10.5. The van der Waals surface area contributed by atoms with Crippen molar-refractivity contribution < 1.29 is 33.3 Å². The van der Waals surface area contributed by atoms with Crippen LogP contribution in [0.3, 0.4) is 0 Å². The van der Waals surface area contributed by atoms with E-state index in [0.29, 0.717) is 19.3 Å². The molecule has 0 aromatic carbocycles. The minimum Gasteiger partial charge on any atom is -0.481 e. The number of halogens is 3. The highest BCUT2D eigenvalue weighted by Gasteiger charge is 2.40. The number of rotatable bonds is 12. The van der Waals surface area contributed by atoms with E-state index in [0.717, 1.165) is 25.3 Å². The number of carboxylic acid groups (broad SMARTS) is 1. The van der Waals surface area contributed by atoms with Gasteiger partial charge in [0.1, 0.15) is 0 Å². The molecule has 0 spiro atoms. The zero-order valence-electron chi connectivity index (χ0n) is 16.5. The lowest BCUT2D eigenvalue weighted by Gasteiger charge is -2.23. The lowest BCUT2D eigenvalue weighted by atomic mass is 9.87. The van der Waals surface area contributed by atoms with Crippen LogP contribution in [0.2, 0.25) is 0 Å². The Hall–Kier alpha value is -1.34. The van der Waals surface area contributed by atoms with Crippen molar-refractivity contribution in [1.29, 1.82) is 0 Å². The van der Waals surface area contributed by atoms with Crippen LogP contribution in [0.5, 0.6) is 0 Å².